The summed E-state index contributed by atoms with van der Waals surface area (Å²) in [7, 11) is 0. The molecule has 0 unspecified atom stereocenters. The summed E-state index contributed by atoms with van der Waals surface area (Å²) in [6.07, 6.45) is -3.69. The molecular weight excluding hydrogens is 335 g/mol. The van der Waals surface area contributed by atoms with Crippen LogP contribution < -0.4 is 10.6 Å². The van der Waals surface area contributed by atoms with Crippen molar-refractivity contribution in [3.8, 4) is 0 Å². The average molecular weight is 357 g/mol. The molecule has 0 radical (unpaired) electrons. The maximum atomic E-state index is 12.9. The van der Waals surface area contributed by atoms with E-state index in [-0.39, 0.29) is 24.8 Å². The van der Waals surface area contributed by atoms with E-state index in [1.54, 1.807) is 36.1 Å². The lowest BCUT2D eigenvalue weighted by atomic mass is 9.96. The third kappa shape index (κ3) is 5.45. The minimum atomic E-state index is -4.23. The first-order valence-corrected chi connectivity index (χ1v) is 8.16. The topological polar surface area (TPSA) is 61.4 Å². The molecular formula is C17H22F3N3O2. The van der Waals surface area contributed by atoms with E-state index in [4.69, 9.17) is 0 Å². The fraction of sp³-hybridized carbons (Fsp3) is 0.529. The Balaban J connectivity index is 1.94. The van der Waals surface area contributed by atoms with Crippen LogP contribution in [0.15, 0.2) is 24.3 Å². The van der Waals surface area contributed by atoms with Crippen molar-refractivity contribution in [2.45, 2.75) is 38.9 Å². The normalized spacial score (nSPS) is 20.0. The van der Waals surface area contributed by atoms with Crippen LogP contribution in [0.25, 0.3) is 0 Å². The van der Waals surface area contributed by atoms with Gasteiger partial charge in [0.15, 0.2) is 0 Å². The molecule has 1 aliphatic heterocycles. The van der Waals surface area contributed by atoms with Gasteiger partial charge in [0.05, 0.1) is 12.0 Å². The van der Waals surface area contributed by atoms with Gasteiger partial charge in [0.2, 0.25) is 11.8 Å². The van der Waals surface area contributed by atoms with Crippen molar-refractivity contribution in [3.63, 3.8) is 0 Å². The number of nitrogens with one attached hydrogen (secondary N) is 2. The highest BCUT2D eigenvalue weighted by atomic mass is 19.4. The van der Waals surface area contributed by atoms with Crippen molar-refractivity contribution in [1.29, 1.82) is 0 Å². The number of rotatable bonds is 4. The third-order valence-corrected chi connectivity index (χ3v) is 4.32. The van der Waals surface area contributed by atoms with E-state index in [0.717, 1.165) is 0 Å². The zero-order valence-corrected chi connectivity index (χ0v) is 14.2. The van der Waals surface area contributed by atoms with E-state index in [1.807, 2.05) is 0 Å². The summed E-state index contributed by atoms with van der Waals surface area (Å²) < 4.78 is 38.7. The van der Waals surface area contributed by atoms with Crippen LogP contribution in [0.2, 0.25) is 0 Å². The Bertz CT molecular complexity index is 617. The van der Waals surface area contributed by atoms with E-state index in [1.165, 1.54) is 6.92 Å². The van der Waals surface area contributed by atoms with Crippen molar-refractivity contribution in [3.05, 3.63) is 24.3 Å². The number of carbonyl (C=O) groups is 2. The minimum absolute atomic E-state index is 0.110. The number of hydrogen-bond donors (Lipinski definition) is 2. The van der Waals surface area contributed by atoms with Gasteiger partial charge in [-0.25, -0.2) is 0 Å². The molecule has 1 fully saturated rings. The van der Waals surface area contributed by atoms with E-state index >= 15 is 0 Å². The smallest absolute Gasteiger partial charge is 0.326 e. The predicted octanol–water partition coefficient (Wildman–Crippen LogP) is 3.25. The Morgan fingerprint density at radius 3 is 2.24 bits per heavy atom. The van der Waals surface area contributed by atoms with Crippen LogP contribution in [-0.4, -0.2) is 42.0 Å². The zero-order valence-electron chi connectivity index (χ0n) is 14.2. The maximum absolute atomic E-state index is 12.9. The molecule has 0 aliphatic carbocycles. The summed E-state index contributed by atoms with van der Waals surface area (Å²) in [4.78, 5) is 24.9. The lowest BCUT2D eigenvalue weighted by Gasteiger charge is -2.36. The van der Waals surface area contributed by atoms with Crippen molar-refractivity contribution in [2.75, 3.05) is 23.7 Å². The molecule has 1 aromatic carbocycles. The highest BCUT2D eigenvalue weighted by Gasteiger charge is 2.43. The monoisotopic (exact) mass is 357 g/mol. The van der Waals surface area contributed by atoms with Gasteiger partial charge in [0.1, 0.15) is 0 Å². The summed E-state index contributed by atoms with van der Waals surface area (Å²) in [5.74, 6) is -1.93. The molecule has 1 heterocycles. The van der Waals surface area contributed by atoms with E-state index in [0.29, 0.717) is 24.3 Å². The molecule has 8 heteroatoms. The van der Waals surface area contributed by atoms with Crippen LogP contribution in [-0.2, 0) is 9.59 Å². The largest absolute Gasteiger partial charge is 0.393 e. The molecule has 25 heavy (non-hydrogen) atoms. The molecule has 0 bridgehead atoms. The quantitative estimate of drug-likeness (QED) is 0.870. The van der Waals surface area contributed by atoms with Gasteiger partial charge in [0, 0.05) is 24.8 Å². The van der Waals surface area contributed by atoms with E-state index in [9.17, 15) is 22.8 Å². The molecule has 0 aromatic heterocycles. The highest BCUT2D eigenvalue weighted by molar-refractivity contribution is 5.95. The first-order chi connectivity index (χ1) is 11.7. The van der Waals surface area contributed by atoms with Gasteiger partial charge in [-0.2, -0.15) is 13.2 Å². The Labute approximate surface area is 144 Å². The lowest BCUT2D eigenvalue weighted by Crippen LogP contribution is -2.49. The van der Waals surface area contributed by atoms with Crippen LogP contribution >= 0.6 is 0 Å². The number of hydrogen-bond acceptors (Lipinski definition) is 3. The van der Waals surface area contributed by atoms with Gasteiger partial charge in [-0.1, -0.05) is 0 Å². The number of anilines is 2. The highest BCUT2D eigenvalue weighted by Crippen LogP contribution is 2.33. The molecule has 1 aliphatic rings. The van der Waals surface area contributed by atoms with Gasteiger partial charge >= 0.3 is 6.18 Å². The Kier molecular flexibility index (Phi) is 6.05. The summed E-state index contributed by atoms with van der Waals surface area (Å²) in [6, 6.07) is 5.89. The molecule has 2 N–H and O–H groups in total. The number of likely N-dealkylation sites (tertiary alicyclic amines) is 1. The fourth-order valence-electron chi connectivity index (χ4n) is 2.88. The third-order valence-electron chi connectivity index (χ3n) is 4.32. The minimum Gasteiger partial charge on any atom is -0.326 e. The lowest BCUT2D eigenvalue weighted by molar-refractivity contribution is -0.188. The number of benzene rings is 1. The second kappa shape index (κ2) is 7.86. The van der Waals surface area contributed by atoms with Crippen LogP contribution in [0, 0.1) is 5.92 Å². The zero-order chi connectivity index (χ0) is 18.6. The summed E-state index contributed by atoms with van der Waals surface area (Å²) >= 11 is 0. The van der Waals surface area contributed by atoms with Crippen LogP contribution in [0.3, 0.4) is 0 Å². The van der Waals surface area contributed by atoms with Gasteiger partial charge in [-0.05, 0) is 50.6 Å². The number of carbonyl (C=O) groups excluding carboxylic acids is 2. The van der Waals surface area contributed by atoms with Crippen molar-refractivity contribution >= 4 is 23.2 Å². The van der Waals surface area contributed by atoms with E-state index in [2.05, 4.69) is 10.6 Å². The fourth-order valence-corrected chi connectivity index (χ4v) is 2.88. The van der Waals surface area contributed by atoms with Crippen molar-refractivity contribution in [1.82, 2.24) is 4.90 Å². The number of alkyl halides is 3. The maximum Gasteiger partial charge on any atom is 0.393 e. The van der Waals surface area contributed by atoms with E-state index < -0.39 is 18.1 Å². The summed E-state index contributed by atoms with van der Waals surface area (Å²) in [6.45, 7) is 3.33. The molecule has 0 spiro atoms. The molecule has 2 amide bonds. The number of piperidine rings is 1. The molecule has 1 saturated heterocycles. The standard InChI is InChI=1S/C17H22F3N3O2/c1-11(23-9-3-4-13(10-23)17(18,19)20)16(25)22-15-7-5-14(6-8-15)21-12(2)24/h5-8,11,13H,3-4,9-10H2,1-2H3,(H,21,24)(H,22,25)/t11-,13-/m1/s1. The van der Waals surface area contributed by atoms with Crippen molar-refractivity contribution < 1.29 is 22.8 Å². The van der Waals surface area contributed by atoms with Gasteiger partial charge in [-0.15, -0.1) is 0 Å². The van der Waals surface area contributed by atoms with Gasteiger partial charge < -0.3 is 10.6 Å². The summed E-state index contributed by atoms with van der Waals surface area (Å²) in [5.41, 5.74) is 1.12. The average Bonchev–Trinajstić information content (AvgIpc) is 2.55. The first kappa shape index (κ1) is 19.2. The van der Waals surface area contributed by atoms with Gasteiger partial charge in [0.25, 0.3) is 0 Å². The Morgan fingerprint density at radius 1 is 1.16 bits per heavy atom. The molecule has 138 valence electrons. The number of halogens is 3. The Morgan fingerprint density at radius 2 is 1.72 bits per heavy atom. The number of amides is 2. The predicted molar refractivity (Wildman–Crippen MR) is 89.2 cm³/mol. The summed E-state index contributed by atoms with van der Waals surface area (Å²) in [5, 5.41) is 5.31. The molecule has 5 nitrogen and oxygen atoms in total. The SMILES string of the molecule is CC(=O)Nc1ccc(NC(=O)[C@@H](C)N2CCC[C@@H](C(F)(F)F)C2)cc1. The first-order valence-electron chi connectivity index (χ1n) is 8.16. The van der Waals surface area contributed by atoms with Crippen LogP contribution in [0.1, 0.15) is 26.7 Å². The van der Waals surface area contributed by atoms with Crippen molar-refractivity contribution in [2.24, 2.45) is 5.92 Å². The Hall–Kier alpha value is -2.09. The van der Waals surface area contributed by atoms with Crippen LogP contribution in [0.5, 0.6) is 0 Å². The molecule has 2 rings (SSSR count). The van der Waals surface area contributed by atoms with Gasteiger partial charge in [-0.3, -0.25) is 14.5 Å². The second-order valence-corrected chi connectivity index (χ2v) is 6.30. The molecule has 1 aromatic rings. The molecule has 2 atom stereocenters. The second-order valence-electron chi connectivity index (χ2n) is 6.30. The number of nitrogens with zero attached hydrogens (tertiary/aromatic N) is 1. The molecule has 0 saturated carbocycles. The van der Waals surface area contributed by atoms with Crippen LogP contribution in [0.4, 0.5) is 24.5 Å².